The van der Waals surface area contributed by atoms with Gasteiger partial charge < -0.3 is 10.1 Å². The third-order valence-corrected chi connectivity index (χ3v) is 6.91. The Labute approximate surface area is 198 Å². The Balaban J connectivity index is 1.88. The smallest absolute Gasteiger partial charge is 0.264 e. The molecule has 0 heterocycles. The number of nitrogens with zero attached hydrogens (tertiary/aromatic N) is 1. The van der Waals surface area contributed by atoms with Crippen LogP contribution in [0.1, 0.15) is 25.5 Å². The first-order valence-corrected chi connectivity index (χ1v) is 12.1. The first-order chi connectivity index (χ1) is 15.7. The molecule has 3 aromatic carbocycles. The average molecular weight is 491 g/mol. The molecule has 1 amide bonds. The van der Waals surface area contributed by atoms with Crippen molar-refractivity contribution in [3.8, 4) is 5.75 Å². The van der Waals surface area contributed by atoms with Crippen molar-refractivity contribution in [3.05, 3.63) is 89.2 Å². The molecule has 0 aliphatic carbocycles. The van der Waals surface area contributed by atoms with Crippen molar-refractivity contribution in [2.75, 3.05) is 17.5 Å². The third-order valence-electron chi connectivity index (χ3n) is 4.87. The molecule has 0 aliphatic rings. The number of carbonyl (C=O) groups is 1. The fourth-order valence-electron chi connectivity index (χ4n) is 3.18. The number of benzene rings is 3. The quantitative estimate of drug-likeness (QED) is 0.460. The van der Waals surface area contributed by atoms with E-state index in [4.69, 9.17) is 16.3 Å². The van der Waals surface area contributed by atoms with Crippen molar-refractivity contribution in [2.24, 2.45) is 0 Å². The molecule has 0 radical (unpaired) electrons. The van der Waals surface area contributed by atoms with E-state index in [0.717, 1.165) is 4.31 Å². The predicted octanol–water partition coefficient (Wildman–Crippen LogP) is 4.95. The van der Waals surface area contributed by atoms with Gasteiger partial charge in [0.2, 0.25) is 5.91 Å². The molecule has 0 aliphatic heterocycles. The normalized spacial score (nSPS) is 12.1. The summed E-state index contributed by atoms with van der Waals surface area (Å²) < 4.78 is 46.5. The molecule has 6 nitrogen and oxygen atoms in total. The Morgan fingerprint density at radius 2 is 1.64 bits per heavy atom. The molecule has 0 saturated carbocycles. The number of ether oxygens (including phenoxy) is 1. The van der Waals surface area contributed by atoms with Crippen LogP contribution in [0.3, 0.4) is 0 Å². The van der Waals surface area contributed by atoms with Crippen LogP contribution in [-0.2, 0) is 14.8 Å². The van der Waals surface area contributed by atoms with Crippen molar-refractivity contribution in [3.63, 3.8) is 0 Å². The molecule has 1 atom stereocenters. The molecule has 3 rings (SSSR count). The topological polar surface area (TPSA) is 75.7 Å². The molecule has 0 saturated heterocycles. The van der Waals surface area contributed by atoms with E-state index in [9.17, 15) is 17.6 Å². The van der Waals surface area contributed by atoms with Gasteiger partial charge in [-0.25, -0.2) is 12.8 Å². The Morgan fingerprint density at radius 3 is 2.21 bits per heavy atom. The summed E-state index contributed by atoms with van der Waals surface area (Å²) in [5, 5.41) is 3.16. The highest BCUT2D eigenvalue weighted by Crippen LogP contribution is 2.27. The number of anilines is 1. The molecule has 0 unspecified atom stereocenters. The summed E-state index contributed by atoms with van der Waals surface area (Å²) >= 11 is 5.91. The van der Waals surface area contributed by atoms with Gasteiger partial charge in [-0.1, -0.05) is 23.7 Å². The van der Waals surface area contributed by atoms with Gasteiger partial charge >= 0.3 is 0 Å². The first-order valence-electron chi connectivity index (χ1n) is 10.3. The summed E-state index contributed by atoms with van der Waals surface area (Å²) in [6.07, 6.45) is 0. The maximum absolute atomic E-state index is 13.4. The zero-order valence-corrected chi connectivity index (χ0v) is 19.7. The first kappa shape index (κ1) is 24.5. The molecule has 1 N–H and O–H groups in total. The van der Waals surface area contributed by atoms with E-state index in [0.29, 0.717) is 28.6 Å². The second-order valence-electron chi connectivity index (χ2n) is 7.23. The highest BCUT2D eigenvalue weighted by Gasteiger charge is 2.28. The lowest BCUT2D eigenvalue weighted by Crippen LogP contribution is -2.41. The third kappa shape index (κ3) is 6.24. The fourth-order valence-corrected chi connectivity index (χ4v) is 4.72. The Morgan fingerprint density at radius 1 is 1.03 bits per heavy atom. The number of carbonyl (C=O) groups excluding carboxylic acids is 1. The van der Waals surface area contributed by atoms with Gasteiger partial charge in [0.1, 0.15) is 18.1 Å². The van der Waals surface area contributed by atoms with Crippen molar-refractivity contribution in [1.82, 2.24) is 5.32 Å². The Bertz CT molecular complexity index is 1180. The van der Waals surface area contributed by atoms with E-state index in [1.807, 2.05) is 6.92 Å². The minimum atomic E-state index is -4.07. The van der Waals surface area contributed by atoms with Crippen LogP contribution in [0.25, 0.3) is 0 Å². The van der Waals surface area contributed by atoms with E-state index < -0.39 is 28.5 Å². The minimum Gasteiger partial charge on any atom is -0.494 e. The summed E-state index contributed by atoms with van der Waals surface area (Å²) in [4.78, 5) is 12.8. The van der Waals surface area contributed by atoms with E-state index in [1.165, 1.54) is 36.4 Å². The number of hydrogen-bond donors (Lipinski definition) is 1. The number of halogens is 2. The van der Waals surface area contributed by atoms with Gasteiger partial charge in [0.15, 0.2) is 0 Å². The van der Waals surface area contributed by atoms with Gasteiger partial charge in [0.25, 0.3) is 10.0 Å². The van der Waals surface area contributed by atoms with E-state index in [2.05, 4.69) is 5.32 Å². The monoisotopic (exact) mass is 490 g/mol. The Hall–Kier alpha value is -3.10. The second kappa shape index (κ2) is 10.7. The fraction of sp³-hybridized carbons (Fsp3) is 0.208. The molecule has 9 heteroatoms. The van der Waals surface area contributed by atoms with Gasteiger partial charge in [-0.3, -0.25) is 9.10 Å². The van der Waals surface area contributed by atoms with E-state index in [1.54, 1.807) is 43.3 Å². The summed E-state index contributed by atoms with van der Waals surface area (Å²) in [5.74, 6) is -0.314. The lowest BCUT2D eigenvalue weighted by Gasteiger charge is -2.25. The van der Waals surface area contributed by atoms with Crippen molar-refractivity contribution in [1.29, 1.82) is 0 Å². The SMILES string of the molecule is CCOc1ccc(N(CC(=O)N[C@H](C)c2ccc(F)cc2)S(=O)(=O)c2ccc(Cl)cc2)cc1. The summed E-state index contributed by atoms with van der Waals surface area (Å²) in [5.41, 5.74) is 0.996. The van der Waals surface area contributed by atoms with E-state index >= 15 is 0 Å². The van der Waals surface area contributed by atoms with Crippen LogP contribution >= 0.6 is 11.6 Å². The van der Waals surface area contributed by atoms with Crippen molar-refractivity contribution >= 4 is 33.2 Å². The number of sulfonamides is 1. The largest absolute Gasteiger partial charge is 0.494 e. The molecule has 0 spiro atoms. The van der Waals surface area contributed by atoms with Crippen LogP contribution < -0.4 is 14.4 Å². The van der Waals surface area contributed by atoms with Gasteiger partial charge in [-0.05, 0) is 80.1 Å². The van der Waals surface area contributed by atoms with Crippen LogP contribution in [0, 0.1) is 5.82 Å². The number of nitrogens with one attached hydrogen (secondary N) is 1. The minimum absolute atomic E-state index is 0.000155. The van der Waals surface area contributed by atoms with Crippen molar-refractivity contribution in [2.45, 2.75) is 24.8 Å². The molecule has 3 aromatic rings. The molecule has 174 valence electrons. The standard InChI is InChI=1S/C24H24ClFN2O4S/c1-3-32-22-12-10-21(11-13-22)28(33(30,31)23-14-6-19(25)7-15-23)16-24(29)27-17(2)18-4-8-20(26)9-5-18/h4-15,17H,3,16H2,1-2H3,(H,27,29)/t17-/m1/s1. The summed E-state index contributed by atoms with van der Waals surface area (Å²) in [7, 11) is -4.07. The molecular weight excluding hydrogens is 467 g/mol. The van der Waals surface area contributed by atoms with Gasteiger partial charge in [-0.15, -0.1) is 0 Å². The molecular formula is C24H24ClFN2O4S. The van der Waals surface area contributed by atoms with Crippen molar-refractivity contribution < 1.29 is 22.3 Å². The maximum atomic E-state index is 13.4. The molecule has 33 heavy (non-hydrogen) atoms. The average Bonchev–Trinajstić information content (AvgIpc) is 2.79. The van der Waals surface area contributed by atoms with E-state index in [-0.39, 0.29) is 10.7 Å². The molecule has 0 fully saturated rings. The highest BCUT2D eigenvalue weighted by molar-refractivity contribution is 7.92. The molecule has 0 bridgehead atoms. The number of hydrogen-bond acceptors (Lipinski definition) is 4. The predicted molar refractivity (Wildman–Crippen MR) is 127 cm³/mol. The second-order valence-corrected chi connectivity index (χ2v) is 9.53. The van der Waals surface area contributed by atoms with Crippen LogP contribution in [0.2, 0.25) is 5.02 Å². The zero-order valence-electron chi connectivity index (χ0n) is 18.2. The van der Waals surface area contributed by atoms with Gasteiger partial charge in [-0.2, -0.15) is 0 Å². The number of rotatable bonds is 9. The van der Waals surface area contributed by atoms with Crippen LogP contribution in [0.5, 0.6) is 5.75 Å². The van der Waals surface area contributed by atoms with Crippen LogP contribution in [0.15, 0.2) is 77.7 Å². The highest BCUT2D eigenvalue weighted by atomic mass is 35.5. The Kier molecular flexibility index (Phi) is 7.94. The van der Waals surface area contributed by atoms with Gasteiger partial charge in [0.05, 0.1) is 23.2 Å². The maximum Gasteiger partial charge on any atom is 0.264 e. The van der Waals surface area contributed by atoms with Gasteiger partial charge in [0, 0.05) is 5.02 Å². The number of amides is 1. The van der Waals surface area contributed by atoms with Crippen LogP contribution in [-0.4, -0.2) is 27.5 Å². The lowest BCUT2D eigenvalue weighted by atomic mass is 10.1. The lowest BCUT2D eigenvalue weighted by molar-refractivity contribution is -0.120. The zero-order chi connectivity index (χ0) is 24.0. The summed E-state index contributed by atoms with van der Waals surface area (Å²) in [6, 6.07) is 17.4. The van der Waals surface area contributed by atoms with Crippen LogP contribution in [0.4, 0.5) is 10.1 Å². The summed E-state index contributed by atoms with van der Waals surface area (Å²) in [6.45, 7) is 3.60. The molecule has 0 aromatic heterocycles.